The van der Waals surface area contributed by atoms with Gasteiger partial charge in [0.25, 0.3) is 5.56 Å². The van der Waals surface area contributed by atoms with Gasteiger partial charge < -0.3 is 10.1 Å². The standard InChI is InChI=1S/C9H7N3O3/c13-8(14)3-7-11-6-1-2-10-4-5(6)9(15)12-7/h1-2,4H,3H2,(H,13,14)(H,11,12,15). The second-order valence-corrected chi connectivity index (χ2v) is 2.98. The molecule has 2 heterocycles. The Morgan fingerprint density at radius 1 is 1.53 bits per heavy atom. The molecular formula is C9H7N3O3. The van der Waals surface area contributed by atoms with Crippen LogP contribution in [0.4, 0.5) is 0 Å². The lowest BCUT2D eigenvalue weighted by Gasteiger charge is -1.99. The number of carbonyl (C=O) groups is 1. The van der Waals surface area contributed by atoms with Crippen molar-refractivity contribution in [3.05, 3.63) is 34.6 Å². The average Bonchev–Trinajstić information content (AvgIpc) is 2.16. The third-order valence-corrected chi connectivity index (χ3v) is 1.87. The van der Waals surface area contributed by atoms with Gasteiger partial charge in [-0.1, -0.05) is 0 Å². The van der Waals surface area contributed by atoms with Gasteiger partial charge in [-0.15, -0.1) is 0 Å². The second-order valence-electron chi connectivity index (χ2n) is 2.98. The van der Waals surface area contributed by atoms with E-state index in [2.05, 4.69) is 15.0 Å². The summed E-state index contributed by atoms with van der Waals surface area (Å²) in [5.74, 6) is -0.891. The van der Waals surface area contributed by atoms with Crippen LogP contribution < -0.4 is 5.56 Å². The van der Waals surface area contributed by atoms with Crippen molar-refractivity contribution in [2.24, 2.45) is 0 Å². The number of nitrogens with one attached hydrogen (secondary N) is 1. The predicted molar refractivity (Wildman–Crippen MR) is 51.5 cm³/mol. The van der Waals surface area contributed by atoms with Crippen molar-refractivity contribution in [2.75, 3.05) is 0 Å². The van der Waals surface area contributed by atoms with E-state index in [9.17, 15) is 9.59 Å². The molecule has 2 rings (SSSR count). The van der Waals surface area contributed by atoms with Gasteiger partial charge in [0.05, 0.1) is 10.9 Å². The van der Waals surface area contributed by atoms with Crippen LogP contribution in [-0.2, 0) is 11.2 Å². The van der Waals surface area contributed by atoms with Crippen LogP contribution in [0.15, 0.2) is 23.3 Å². The molecule has 0 saturated heterocycles. The zero-order chi connectivity index (χ0) is 10.8. The average molecular weight is 205 g/mol. The summed E-state index contributed by atoms with van der Waals surface area (Å²) < 4.78 is 0. The molecule has 0 fully saturated rings. The Bertz CT molecular complexity index is 576. The van der Waals surface area contributed by atoms with Crippen LogP contribution in [0, 0.1) is 0 Å². The smallest absolute Gasteiger partial charge is 0.311 e. The van der Waals surface area contributed by atoms with Gasteiger partial charge in [0.2, 0.25) is 0 Å². The predicted octanol–water partition coefficient (Wildman–Crippen LogP) is -0.0548. The first kappa shape index (κ1) is 9.32. The van der Waals surface area contributed by atoms with Crippen LogP contribution in [0.25, 0.3) is 10.9 Å². The highest BCUT2D eigenvalue weighted by Crippen LogP contribution is 2.03. The summed E-state index contributed by atoms with van der Waals surface area (Å²) in [4.78, 5) is 32.1. The van der Waals surface area contributed by atoms with E-state index in [0.29, 0.717) is 10.9 Å². The number of pyridine rings is 1. The fourth-order valence-corrected chi connectivity index (χ4v) is 1.26. The molecule has 6 nitrogen and oxygen atoms in total. The first-order valence-electron chi connectivity index (χ1n) is 4.21. The topological polar surface area (TPSA) is 95.9 Å². The number of aliphatic carboxylic acids is 1. The molecule has 0 amide bonds. The first-order chi connectivity index (χ1) is 7.16. The highest BCUT2D eigenvalue weighted by molar-refractivity contribution is 5.76. The van der Waals surface area contributed by atoms with Gasteiger partial charge in [0.15, 0.2) is 0 Å². The molecule has 0 radical (unpaired) electrons. The summed E-state index contributed by atoms with van der Waals surface area (Å²) in [5, 5.41) is 8.91. The molecule has 0 spiro atoms. The molecule has 0 aromatic carbocycles. The molecule has 0 aliphatic carbocycles. The number of aromatic amines is 1. The number of carboxylic acid groups (broad SMARTS) is 1. The second kappa shape index (κ2) is 3.49. The maximum Gasteiger partial charge on any atom is 0.311 e. The minimum Gasteiger partial charge on any atom is -0.481 e. The summed E-state index contributed by atoms with van der Waals surface area (Å²) in [5.41, 5.74) is 0.0781. The Hall–Kier alpha value is -2.24. The Kier molecular flexibility index (Phi) is 2.17. The molecular weight excluding hydrogens is 198 g/mol. The largest absolute Gasteiger partial charge is 0.481 e. The lowest BCUT2D eigenvalue weighted by atomic mass is 10.3. The molecule has 0 aliphatic rings. The van der Waals surface area contributed by atoms with Crippen LogP contribution in [0.2, 0.25) is 0 Å². The number of hydrogen-bond acceptors (Lipinski definition) is 4. The molecule has 0 saturated carbocycles. The van der Waals surface area contributed by atoms with E-state index in [4.69, 9.17) is 5.11 Å². The van der Waals surface area contributed by atoms with E-state index in [1.807, 2.05) is 0 Å². The Balaban J connectivity index is 2.62. The van der Waals surface area contributed by atoms with E-state index in [1.165, 1.54) is 12.4 Å². The van der Waals surface area contributed by atoms with Crippen molar-refractivity contribution in [1.29, 1.82) is 0 Å². The van der Waals surface area contributed by atoms with Gasteiger partial charge in [-0.2, -0.15) is 0 Å². The van der Waals surface area contributed by atoms with Gasteiger partial charge in [0, 0.05) is 12.4 Å². The Labute approximate surface area is 83.6 Å². The van der Waals surface area contributed by atoms with E-state index >= 15 is 0 Å². The molecule has 0 atom stereocenters. The highest BCUT2D eigenvalue weighted by atomic mass is 16.4. The van der Waals surface area contributed by atoms with E-state index in [0.717, 1.165) is 0 Å². The quantitative estimate of drug-likeness (QED) is 0.716. The minimum absolute atomic E-state index is 0.145. The molecule has 2 aromatic heterocycles. The molecule has 2 aromatic rings. The Morgan fingerprint density at radius 3 is 3.07 bits per heavy atom. The molecule has 0 aliphatic heterocycles. The normalized spacial score (nSPS) is 10.4. The molecule has 6 heteroatoms. The van der Waals surface area contributed by atoms with E-state index in [-0.39, 0.29) is 17.8 Å². The summed E-state index contributed by atoms with van der Waals surface area (Å²) in [6.07, 6.45) is 2.60. The summed E-state index contributed by atoms with van der Waals surface area (Å²) in [6, 6.07) is 1.57. The number of fused-ring (bicyclic) bond motifs is 1. The van der Waals surface area contributed by atoms with Crippen LogP contribution in [-0.4, -0.2) is 26.0 Å². The highest BCUT2D eigenvalue weighted by Gasteiger charge is 2.06. The summed E-state index contributed by atoms with van der Waals surface area (Å²) in [7, 11) is 0. The van der Waals surface area contributed by atoms with Crippen molar-refractivity contribution >= 4 is 16.9 Å². The van der Waals surface area contributed by atoms with Gasteiger partial charge in [0.1, 0.15) is 12.2 Å². The van der Waals surface area contributed by atoms with Crippen LogP contribution in [0.1, 0.15) is 5.82 Å². The maximum atomic E-state index is 11.5. The maximum absolute atomic E-state index is 11.5. The van der Waals surface area contributed by atoms with Gasteiger partial charge in [-0.3, -0.25) is 14.6 Å². The Morgan fingerprint density at radius 2 is 2.33 bits per heavy atom. The number of carboxylic acids is 1. The van der Waals surface area contributed by atoms with Gasteiger partial charge in [-0.05, 0) is 6.07 Å². The van der Waals surface area contributed by atoms with Crippen molar-refractivity contribution < 1.29 is 9.90 Å². The monoisotopic (exact) mass is 205 g/mol. The zero-order valence-electron chi connectivity index (χ0n) is 7.60. The molecule has 76 valence electrons. The SMILES string of the molecule is O=C(O)Cc1nc2ccncc2c(=O)[nH]1. The fourth-order valence-electron chi connectivity index (χ4n) is 1.26. The minimum atomic E-state index is -1.04. The van der Waals surface area contributed by atoms with Crippen LogP contribution >= 0.6 is 0 Å². The first-order valence-corrected chi connectivity index (χ1v) is 4.21. The molecule has 15 heavy (non-hydrogen) atoms. The van der Waals surface area contributed by atoms with E-state index in [1.54, 1.807) is 6.07 Å². The number of nitrogens with zero attached hydrogens (tertiary/aromatic N) is 2. The van der Waals surface area contributed by atoms with Crippen molar-refractivity contribution in [3.8, 4) is 0 Å². The van der Waals surface area contributed by atoms with Crippen LogP contribution in [0.5, 0.6) is 0 Å². The third-order valence-electron chi connectivity index (χ3n) is 1.87. The zero-order valence-corrected chi connectivity index (χ0v) is 7.60. The fraction of sp³-hybridized carbons (Fsp3) is 0.111. The van der Waals surface area contributed by atoms with Crippen molar-refractivity contribution in [2.45, 2.75) is 6.42 Å². The molecule has 2 N–H and O–H groups in total. The molecule has 0 unspecified atom stereocenters. The van der Waals surface area contributed by atoms with Crippen LogP contribution in [0.3, 0.4) is 0 Å². The number of hydrogen-bond donors (Lipinski definition) is 2. The number of aromatic nitrogens is 3. The lowest BCUT2D eigenvalue weighted by Crippen LogP contribution is -2.14. The third kappa shape index (κ3) is 1.83. The molecule has 0 bridgehead atoms. The van der Waals surface area contributed by atoms with Crippen molar-refractivity contribution in [1.82, 2.24) is 15.0 Å². The van der Waals surface area contributed by atoms with Gasteiger partial charge in [-0.25, -0.2) is 4.98 Å². The summed E-state index contributed by atoms with van der Waals surface area (Å²) in [6.45, 7) is 0. The van der Waals surface area contributed by atoms with E-state index < -0.39 is 5.97 Å². The number of rotatable bonds is 2. The van der Waals surface area contributed by atoms with Crippen molar-refractivity contribution in [3.63, 3.8) is 0 Å². The van der Waals surface area contributed by atoms with Gasteiger partial charge >= 0.3 is 5.97 Å². The summed E-state index contributed by atoms with van der Waals surface area (Å²) >= 11 is 0. The lowest BCUT2D eigenvalue weighted by molar-refractivity contribution is -0.136. The number of H-pyrrole nitrogens is 1.